The number of carbonyl (C=O) groups excluding carboxylic acids is 3. The summed E-state index contributed by atoms with van der Waals surface area (Å²) in [4.78, 5) is 35.8. The molecular weight excluding hydrogens is 572 g/mol. The third-order valence-electron chi connectivity index (χ3n) is 7.66. The van der Waals surface area contributed by atoms with Crippen LogP contribution in [-0.4, -0.2) is 55.1 Å². The van der Waals surface area contributed by atoms with Crippen molar-refractivity contribution in [2.24, 2.45) is 5.73 Å². The number of ether oxygens (including phenoxy) is 1. The summed E-state index contributed by atoms with van der Waals surface area (Å²) in [6.45, 7) is 5.08. The van der Waals surface area contributed by atoms with E-state index in [0.29, 0.717) is 41.1 Å². The van der Waals surface area contributed by atoms with Crippen molar-refractivity contribution in [2.45, 2.75) is 82.9 Å². The molecule has 2 aromatic rings. The predicted molar refractivity (Wildman–Crippen MR) is 174 cm³/mol. The minimum Gasteiger partial charge on any atom is -0.495 e. The highest BCUT2D eigenvalue weighted by Crippen LogP contribution is 2.40. The third kappa shape index (κ3) is 10.1. The number of halogens is 1. The molecule has 1 fully saturated rings. The van der Waals surface area contributed by atoms with Gasteiger partial charge >= 0.3 is 6.03 Å². The summed E-state index contributed by atoms with van der Waals surface area (Å²) in [5.41, 5.74) is 7.59. The number of hydrogen-bond acceptors (Lipinski definition) is 5. The number of carbonyl (C=O) groups is 3. The lowest BCUT2D eigenvalue weighted by molar-refractivity contribution is -0.121. The first-order valence-corrected chi connectivity index (χ1v) is 16.3. The summed E-state index contributed by atoms with van der Waals surface area (Å²) in [6, 6.07) is 7.66. The van der Waals surface area contributed by atoms with Crippen LogP contribution in [0.1, 0.15) is 75.8 Å². The summed E-state index contributed by atoms with van der Waals surface area (Å²) in [7, 11) is 1.60. The first-order chi connectivity index (χ1) is 20.2. The minimum atomic E-state index is -0.455. The van der Waals surface area contributed by atoms with Crippen molar-refractivity contribution < 1.29 is 19.1 Å². The summed E-state index contributed by atoms with van der Waals surface area (Å²) >= 11 is 8.56. The Balaban J connectivity index is 1.26. The normalized spacial score (nSPS) is 16.8. The molecule has 0 bridgehead atoms. The Morgan fingerprint density at radius 1 is 1.05 bits per heavy atom. The van der Waals surface area contributed by atoms with Crippen molar-refractivity contribution in [3.8, 4) is 5.75 Å². The molecule has 3 rings (SSSR count). The van der Waals surface area contributed by atoms with E-state index in [2.05, 4.69) is 16.0 Å². The summed E-state index contributed by atoms with van der Waals surface area (Å²) < 4.78 is 5.58. The molecule has 2 unspecified atom stereocenters. The lowest BCUT2D eigenvalue weighted by Gasteiger charge is -2.15. The first kappa shape index (κ1) is 33.6. The van der Waals surface area contributed by atoms with E-state index < -0.39 is 6.03 Å². The van der Waals surface area contributed by atoms with Crippen LogP contribution in [0.15, 0.2) is 29.8 Å². The first-order valence-electron chi connectivity index (χ1n) is 14.9. The minimum absolute atomic E-state index is 0.108. The van der Waals surface area contributed by atoms with Crippen LogP contribution in [0.25, 0.3) is 16.8 Å². The molecule has 10 heteroatoms. The topological polar surface area (TPSA) is 123 Å². The van der Waals surface area contributed by atoms with Gasteiger partial charge in [0.05, 0.1) is 12.1 Å². The van der Waals surface area contributed by atoms with Gasteiger partial charge in [-0.2, -0.15) is 11.8 Å². The Hall–Kier alpha value is -2.91. The van der Waals surface area contributed by atoms with Crippen LogP contribution in [0.3, 0.4) is 0 Å². The van der Waals surface area contributed by atoms with Crippen LogP contribution in [-0.2, 0) is 9.59 Å². The molecule has 5 N–H and O–H groups in total. The molecule has 0 aromatic heterocycles. The van der Waals surface area contributed by atoms with Gasteiger partial charge in [0.15, 0.2) is 0 Å². The molecule has 0 spiro atoms. The fourth-order valence-electron chi connectivity index (χ4n) is 5.34. The zero-order valence-electron chi connectivity index (χ0n) is 25.0. The number of methoxy groups -OCH3 is 1. The number of nitrogens with two attached hydrogens (primary N) is 1. The summed E-state index contributed by atoms with van der Waals surface area (Å²) in [5.74, 6) is 1.52. The maximum atomic E-state index is 12.7. The van der Waals surface area contributed by atoms with Crippen LogP contribution in [0.5, 0.6) is 5.75 Å². The van der Waals surface area contributed by atoms with Crippen LogP contribution in [0.2, 0.25) is 5.02 Å². The Bertz CT molecular complexity index is 1270. The molecule has 0 aliphatic carbocycles. The molecule has 230 valence electrons. The fourth-order valence-corrected chi connectivity index (χ4v) is 7.14. The SMILES string of the molecule is COc1c(Cl)c(/C=C(\C)C(=O)NCCCCCCNC(=O)CCCCC2CC(NC(N)=O)CS2)c(C)c2ccccc12. The number of urea groups is 1. The van der Waals surface area contributed by atoms with Gasteiger partial charge in [-0.3, -0.25) is 9.59 Å². The van der Waals surface area contributed by atoms with Crippen molar-refractivity contribution >= 4 is 58.1 Å². The Morgan fingerprint density at radius 3 is 2.43 bits per heavy atom. The Kier molecular flexibility index (Phi) is 13.8. The lowest BCUT2D eigenvalue weighted by Crippen LogP contribution is -2.38. The molecule has 42 heavy (non-hydrogen) atoms. The maximum absolute atomic E-state index is 12.7. The van der Waals surface area contributed by atoms with Crippen LogP contribution in [0, 0.1) is 6.92 Å². The Morgan fingerprint density at radius 2 is 1.74 bits per heavy atom. The molecule has 0 radical (unpaired) electrons. The molecule has 0 saturated carbocycles. The van der Waals surface area contributed by atoms with E-state index in [9.17, 15) is 14.4 Å². The molecule has 1 saturated heterocycles. The zero-order chi connectivity index (χ0) is 30.5. The fraction of sp³-hybridized carbons (Fsp3) is 0.531. The average Bonchev–Trinajstić information content (AvgIpc) is 3.41. The molecule has 1 aliphatic heterocycles. The van der Waals surface area contributed by atoms with Crippen LogP contribution in [0.4, 0.5) is 4.79 Å². The second-order valence-corrected chi connectivity index (χ2v) is 12.6. The van der Waals surface area contributed by atoms with Crippen LogP contribution < -0.4 is 26.4 Å². The quantitative estimate of drug-likeness (QED) is 0.134. The maximum Gasteiger partial charge on any atom is 0.312 e. The van der Waals surface area contributed by atoms with Gasteiger partial charge in [-0.1, -0.05) is 55.1 Å². The number of nitrogens with one attached hydrogen (secondary N) is 3. The molecule has 2 aromatic carbocycles. The number of thioether (sulfide) groups is 1. The van der Waals surface area contributed by atoms with E-state index in [1.54, 1.807) is 14.0 Å². The van der Waals surface area contributed by atoms with Crippen LogP contribution >= 0.6 is 23.4 Å². The van der Waals surface area contributed by atoms with Crippen molar-refractivity contribution in [3.63, 3.8) is 0 Å². The number of fused-ring (bicyclic) bond motifs is 1. The Labute approximate surface area is 258 Å². The number of amides is 4. The number of aryl methyl sites for hydroxylation is 1. The lowest BCUT2D eigenvalue weighted by atomic mass is 9.97. The standard InChI is InChI=1S/C32H45ClN4O4S/c1-21(18-27-22(2)25-13-7-8-14-26(25)30(41-3)29(27)33)31(39)36-17-11-5-4-10-16-35-28(38)15-9-6-12-24-19-23(20-42-24)37-32(34)40/h7-8,13-14,18,23-24H,4-6,9-12,15-17,19-20H2,1-3H3,(H,35,38)(H,36,39)(H3,34,37,40)/b21-18+. The predicted octanol–water partition coefficient (Wildman–Crippen LogP) is 6.11. The average molecular weight is 617 g/mol. The van der Waals surface area contributed by atoms with Gasteiger partial charge in [0, 0.05) is 53.1 Å². The van der Waals surface area contributed by atoms with E-state index in [0.717, 1.165) is 79.0 Å². The monoisotopic (exact) mass is 616 g/mol. The highest BCUT2D eigenvalue weighted by atomic mass is 35.5. The second-order valence-electron chi connectivity index (χ2n) is 10.9. The number of unbranched alkanes of at least 4 members (excludes halogenated alkanes) is 4. The van der Waals surface area contributed by atoms with Gasteiger partial charge in [-0.25, -0.2) is 4.79 Å². The van der Waals surface area contributed by atoms with E-state index in [1.165, 1.54) is 0 Å². The van der Waals surface area contributed by atoms with Crippen molar-refractivity contribution in [2.75, 3.05) is 26.0 Å². The van der Waals surface area contributed by atoms with E-state index in [1.807, 2.05) is 49.0 Å². The summed E-state index contributed by atoms with van der Waals surface area (Å²) in [5, 5.41) is 11.8. The number of hydrogen-bond donors (Lipinski definition) is 4. The van der Waals surface area contributed by atoms with Gasteiger partial charge in [-0.05, 0) is 63.0 Å². The van der Waals surface area contributed by atoms with Crippen molar-refractivity contribution in [1.82, 2.24) is 16.0 Å². The molecule has 1 heterocycles. The van der Waals surface area contributed by atoms with Gasteiger partial charge in [0.25, 0.3) is 0 Å². The van der Waals surface area contributed by atoms with Gasteiger partial charge in [0.1, 0.15) is 5.75 Å². The number of primary amides is 1. The number of rotatable bonds is 16. The van der Waals surface area contributed by atoms with Gasteiger partial charge in [-0.15, -0.1) is 0 Å². The smallest absolute Gasteiger partial charge is 0.312 e. The number of benzene rings is 2. The molecule has 8 nitrogen and oxygen atoms in total. The van der Waals surface area contributed by atoms with Crippen molar-refractivity contribution in [1.29, 1.82) is 0 Å². The molecule has 4 amide bonds. The van der Waals surface area contributed by atoms with E-state index in [4.69, 9.17) is 22.1 Å². The highest BCUT2D eigenvalue weighted by Gasteiger charge is 2.25. The molecule has 2 atom stereocenters. The third-order valence-corrected chi connectivity index (χ3v) is 9.53. The van der Waals surface area contributed by atoms with E-state index in [-0.39, 0.29) is 17.9 Å². The van der Waals surface area contributed by atoms with Gasteiger partial charge in [0.2, 0.25) is 11.8 Å². The second kappa shape index (κ2) is 17.3. The van der Waals surface area contributed by atoms with Crippen molar-refractivity contribution in [3.05, 3.63) is 46.0 Å². The highest BCUT2D eigenvalue weighted by molar-refractivity contribution is 8.00. The van der Waals surface area contributed by atoms with Gasteiger partial charge < -0.3 is 26.4 Å². The largest absolute Gasteiger partial charge is 0.495 e. The zero-order valence-corrected chi connectivity index (χ0v) is 26.6. The van der Waals surface area contributed by atoms with E-state index >= 15 is 0 Å². The summed E-state index contributed by atoms with van der Waals surface area (Å²) in [6.07, 6.45) is 10.1. The molecular formula is C32H45ClN4O4S. The molecule has 1 aliphatic rings.